The number of halogens is 2. The van der Waals surface area contributed by atoms with Crippen LogP contribution < -0.4 is 5.32 Å². The Bertz CT molecular complexity index is 444. The van der Waals surface area contributed by atoms with Crippen LogP contribution in [0, 0.1) is 0 Å². The molecule has 0 bridgehead atoms. The molecule has 1 amide bonds. The Kier molecular flexibility index (Phi) is 3.76. The molecule has 1 heterocycles. The summed E-state index contributed by atoms with van der Waals surface area (Å²) in [5.41, 5.74) is 0.00884. The van der Waals surface area contributed by atoms with Gasteiger partial charge in [0.15, 0.2) is 0 Å². The van der Waals surface area contributed by atoms with Crippen molar-refractivity contribution in [3.63, 3.8) is 0 Å². The number of ether oxygens (including phenoxy) is 1. The lowest BCUT2D eigenvalue weighted by Gasteiger charge is -2.22. The Balaban J connectivity index is 2.10. The summed E-state index contributed by atoms with van der Waals surface area (Å²) in [5.74, 6) is -0.107. The molecule has 17 heavy (non-hydrogen) atoms. The van der Waals surface area contributed by atoms with Gasteiger partial charge in [0.2, 0.25) is 0 Å². The van der Waals surface area contributed by atoms with E-state index in [4.69, 9.17) is 16.3 Å². The number of carbonyl (C=O) groups excluding carboxylic acids is 1. The molecule has 1 aromatic rings. The second-order valence-corrected chi connectivity index (χ2v) is 5.53. The molecular formula is C12H13BrClNO2. The van der Waals surface area contributed by atoms with E-state index in [1.54, 1.807) is 18.2 Å². The van der Waals surface area contributed by atoms with Crippen molar-refractivity contribution in [3.8, 4) is 0 Å². The molecule has 2 rings (SSSR count). The largest absolute Gasteiger partial charge is 0.365 e. The van der Waals surface area contributed by atoms with Crippen molar-refractivity contribution in [2.45, 2.75) is 25.4 Å². The molecule has 0 aromatic heterocycles. The highest BCUT2D eigenvalue weighted by Gasteiger charge is 2.37. The molecular weight excluding hydrogens is 305 g/mol. The maximum Gasteiger partial charge on any atom is 0.256 e. The first-order valence-electron chi connectivity index (χ1n) is 5.42. The lowest BCUT2D eigenvalue weighted by Crippen LogP contribution is -2.39. The molecule has 0 aliphatic carbocycles. The molecule has 1 N–H and O–H groups in total. The van der Waals surface area contributed by atoms with E-state index in [-0.39, 0.29) is 5.91 Å². The van der Waals surface area contributed by atoms with E-state index in [1.807, 2.05) is 6.92 Å². The first kappa shape index (κ1) is 12.9. The minimum Gasteiger partial charge on any atom is -0.365 e. The average Bonchev–Trinajstić information content (AvgIpc) is 2.72. The van der Waals surface area contributed by atoms with Crippen molar-refractivity contribution in [2.75, 3.05) is 11.9 Å². The number of benzene rings is 1. The van der Waals surface area contributed by atoms with Crippen LogP contribution in [0.3, 0.4) is 0 Å². The second-order valence-electron chi connectivity index (χ2n) is 4.27. The first-order valence-corrected chi connectivity index (χ1v) is 6.59. The SMILES string of the molecule is CC1(C(=O)Nc2ccc(Cl)c(Br)c2)CCCO1. The van der Waals surface area contributed by atoms with E-state index in [2.05, 4.69) is 21.2 Å². The Morgan fingerprint density at radius 1 is 1.59 bits per heavy atom. The molecule has 0 radical (unpaired) electrons. The molecule has 92 valence electrons. The van der Waals surface area contributed by atoms with Gasteiger partial charge in [0.05, 0.1) is 5.02 Å². The normalized spacial score (nSPS) is 23.7. The zero-order valence-corrected chi connectivity index (χ0v) is 11.8. The number of rotatable bonds is 2. The highest BCUT2D eigenvalue weighted by molar-refractivity contribution is 9.10. The maximum absolute atomic E-state index is 12.0. The van der Waals surface area contributed by atoms with E-state index in [1.165, 1.54) is 0 Å². The second kappa shape index (κ2) is 4.96. The molecule has 1 fully saturated rings. The van der Waals surface area contributed by atoms with E-state index >= 15 is 0 Å². The average molecular weight is 319 g/mol. The Hall–Kier alpha value is -0.580. The number of hydrogen-bond acceptors (Lipinski definition) is 2. The van der Waals surface area contributed by atoms with E-state index in [0.717, 1.165) is 17.3 Å². The van der Waals surface area contributed by atoms with Crippen LogP contribution in [0.1, 0.15) is 19.8 Å². The van der Waals surface area contributed by atoms with Crippen molar-refractivity contribution in [2.24, 2.45) is 0 Å². The third-order valence-electron chi connectivity index (χ3n) is 2.88. The van der Waals surface area contributed by atoms with Crippen LogP contribution in [0.2, 0.25) is 5.02 Å². The van der Waals surface area contributed by atoms with Crippen molar-refractivity contribution in [1.29, 1.82) is 0 Å². The van der Waals surface area contributed by atoms with Gasteiger partial charge in [-0.15, -0.1) is 0 Å². The molecule has 3 nitrogen and oxygen atoms in total. The fourth-order valence-electron chi connectivity index (χ4n) is 1.80. The monoisotopic (exact) mass is 317 g/mol. The van der Waals surface area contributed by atoms with Crippen LogP contribution in [-0.4, -0.2) is 18.1 Å². The Morgan fingerprint density at radius 2 is 2.35 bits per heavy atom. The minimum atomic E-state index is -0.702. The van der Waals surface area contributed by atoms with Crippen molar-refractivity contribution >= 4 is 39.1 Å². The zero-order chi connectivity index (χ0) is 12.5. The predicted molar refractivity (Wildman–Crippen MR) is 71.4 cm³/mol. The summed E-state index contributed by atoms with van der Waals surface area (Å²) in [4.78, 5) is 12.0. The van der Waals surface area contributed by atoms with Gasteiger partial charge in [-0.25, -0.2) is 0 Å². The summed E-state index contributed by atoms with van der Waals surface area (Å²) >= 11 is 9.21. The number of amides is 1. The van der Waals surface area contributed by atoms with Crippen LogP contribution >= 0.6 is 27.5 Å². The first-order chi connectivity index (χ1) is 8.01. The lowest BCUT2D eigenvalue weighted by molar-refractivity contribution is -0.133. The maximum atomic E-state index is 12.0. The number of anilines is 1. The van der Waals surface area contributed by atoms with Gasteiger partial charge in [-0.2, -0.15) is 0 Å². The van der Waals surface area contributed by atoms with Gasteiger partial charge < -0.3 is 10.1 Å². The fourth-order valence-corrected chi connectivity index (χ4v) is 2.29. The standard InChI is InChI=1S/C12H13BrClNO2/c1-12(5-2-6-17-12)11(16)15-8-3-4-10(14)9(13)7-8/h3-4,7H,2,5-6H2,1H3,(H,15,16). The van der Waals surface area contributed by atoms with E-state index in [9.17, 15) is 4.79 Å². The number of carbonyl (C=O) groups is 1. The van der Waals surface area contributed by atoms with Gasteiger partial charge >= 0.3 is 0 Å². The summed E-state index contributed by atoms with van der Waals surface area (Å²) in [5, 5.41) is 3.46. The lowest BCUT2D eigenvalue weighted by atomic mass is 10.0. The third kappa shape index (κ3) is 2.81. The third-order valence-corrected chi connectivity index (χ3v) is 4.09. The summed E-state index contributed by atoms with van der Waals surface area (Å²) in [6, 6.07) is 5.28. The molecule has 0 saturated carbocycles. The van der Waals surface area contributed by atoms with Crippen molar-refractivity contribution in [3.05, 3.63) is 27.7 Å². The minimum absolute atomic E-state index is 0.107. The van der Waals surface area contributed by atoms with Crippen molar-refractivity contribution in [1.82, 2.24) is 0 Å². The van der Waals surface area contributed by atoms with Gasteiger partial charge in [0.1, 0.15) is 5.60 Å². The molecule has 1 aliphatic rings. The Labute approximate surface area is 114 Å². The van der Waals surface area contributed by atoms with Crippen LogP contribution in [-0.2, 0) is 9.53 Å². The summed E-state index contributed by atoms with van der Waals surface area (Å²) in [7, 11) is 0. The van der Waals surface area contributed by atoms with Crippen LogP contribution in [0.4, 0.5) is 5.69 Å². The zero-order valence-electron chi connectivity index (χ0n) is 9.43. The van der Waals surface area contributed by atoms with Crippen LogP contribution in [0.15, 0.2) is 22.7 Å². The van der Waals surface area contributed by atoms with Crippen molar-refractivity contribution < 1.29 is 9.53 Å². The Morgan fingerprint density at radius 3 is 2.94 bits per heavy atom. The van der Waals surface area contributed by atoms with E-state index < -0.39 is 5.60 Å². The number of nitrogens with one attached hydrogen (secondary N) is 1. The molecule has 1 aromatic carbocycles. The van der Waals surface area contributed by atoms with Gasteiger partial charge in [-0.3, -0.25) is 4.79 Å². The predicted octanol–water partition coefficient (Wildman–Crippen LogP) is 3.61. The van der Waals surface area contributed by atoms with Gasteiger partial charge in [-0.05, 0) is 53.9 Å². The fraction of sp³-hybridized carbons (Fsp3) is 0.417. The molecule has 1 saturated heterocycles. The number of hydrogen-bond donors (Lipinski definition) is 1. The smallest absolute Gasteiger partial charge is 0.256 e. The van der Waals surface area contributed by atoms with Gasteiger partial charge in [0.25, 0.3) is 5.91 Å². The molecule has 5 heteroatoms. The molecule has 1 aliphatic heterocycles. The van der Waals surface area contributed by atoms with Gasteiger partial charge in [-0.1, -0.05) is 11.6 Å². The molecule has 0 spiro atoms. The van der Waals surface area contributed by atoms with Crippen LogP contribution in [0.25, 0.3) is 0 Å². The van der Waals surface area contributed by atoms with Crippen LogP contribution in [0.5, 0.6) is 0 Å². The quantitative estimate of drug-likeness (QED) is 0.904. The summed E-state index contributed by atoms with van der Waals surface area (Å²) < 4.78 is 6.24. The summed E-state index contributed by atoms with van der Waals surface area (Å²) in [6.45, 7) is 2.47. The topological polar surface area (TPSA) is 38.3 Å². The highest BCUT2D eigenvalue weighted by Crippen LogP contribution is 2.29. The summed E-state index contributed by atoms with van der Waals surface area (Å²) in [6.07, 6.45) is 1.68. The molecule has 1 atom stereocenters. The molecule has 1 unspecified atom stereocenters. The highest BCUT2D eigenvalue weighted by atomic mass is 79.9. The van der Waals surface area contributed by atoms with E-state index in [0.29, 0.717) is 17.3 Å². The van der Waals surface area contributed by atoms with Gasteiger partial charge in [0, 0.05) is 16.8 Å².